The van der Waals surface area contributed by atoms with E-state index in [1.807, 2.05) is 42.5 Å². The number of nitrogens with two attached hydrogens (primary N) is 1. The average molecular weight is 350 g/mol. The van der Waals surface area contributed by atoms with Gasteiger partial charge in [0, 0.05) is 16.2 Å². The highest BCUT2D eigenvalue weighted by molar-refractivity contribution is 6.05. The van der Waals surface area contributed by atoms with Crippen molar-refractivity contribution in [3.8, 4) is 0 Å². The number of nitrogens with zero attached hydrogens (tertiary/aromatic N) is 1. The van der Waals surface area contributed by atoms with Crippen molar-refractivity contribution in [2.45, 2.75) is 6.04 Å². The molecule has 0 amide bonds. The third kappa shape index (κ3) is 2.44. The smallest absolute Gasteiger partial charge is 0.135 e. The van der Waals surface area contributed by atoms with E-state index in [0.29, 0.717) is 0 Å². The van der Waals surface area contributed by atoms with Gasteiger partial charge in [-0.3, -0.25) is 4.99 Å². The number of aliphatic imine (C=N–C) groups is 1. The standard InChI is InChI=1S/C24H18N2O/c1-26-24-17-7-3-2-6-15(17)10-12-19(24)23(25)16-11-13-22-20(14-16)18-8-4-5-9-21(18)27-22/h2-14,23H,1,25H2. The van der Waals surface area contributed by atoms with Crippen molar-refractivity contribution in [1.29, 1.82) is 0 Å². The van der Waals surface area contributed by atoms with E-state index in [1.165, 1.54) is 0 Å². The quantitative estimate of drug-likeness (QED) is 0.399. The summed E-state index contributed by atoms with van der Waals surface area (Å²) >= 11 is 0. The fourth-order valence-corrected chi connectivity index (χ4v) is 3.82. The van der Waals surface area contributed by atoms with Crippen molar-refractivity contribution in [3.63, 3.8) is 0 Å². The van der Waals surface area contributed by atoms with Gasteiger partial charge in [0.1, 0.15) is 11.2 Å². The van der Waals surface area contributed by atoms with Crippen molar-refractivity contribution in [1.82, 2.24) is 0 Å². The third-order valence-corrected chi connectivity index (χ3v) is 5.18. The molecule has 1 atom stereocenters. The van der Waals surface area contributed by atoms with Crippen LogP contribution >= 0.6 is 0 Å². The minimum atomic E-state index is -0.298. The van der Waals surface area contributed by atoms with E-state index >= 15 is 0 Å². The normalized spacial score (nSPS) is 12.6. The van der Waals surface area contributed by atoms with Crippen LogP contribution in [0.1, 0.15) is 17.2 Å². The second kappa shape index (κ2) is 6.08. The lowest BCUT2D eigenvalue weighted by Crippen LogP contribution is -2.12. The molecule has 1 aromatic heterocycles. The fraction of sp³-hybridized carbons (Fsp3) is 0.0417. The second-order valence-electron chi connectivity index (χ2n) is 6.71. The predicted octanol–water partition coefficient (Wildman–Crippen LogP) is 6.12. The van der Waals surface area contributed by atoms with Gasteiger partial charge < -0.3 is 10.2 Å². The van der Waals surface area contributed by atoms with E-state index in [4.69, 9.17) is 10.2 Å². The number of para-hydroxylation sites is 1. The zero-order chi connectivity index (χ0) is 18.4. The molecule has 2 N–H and O–H groups in total. The summed E-state index contributed by atoms with van der Waals surface area (Å²) in [6.07, 6.45) is 0. The Morgan fingerprint density at radius 2 is 1.52 bits per heavy atom. The number of furan rings is 1. The molecular formula is C24H18N2O. The van der Waals surface area contributed by atoms with Gasteiger partial charge in [-0.05, 0) is 41.4 Å². The molecule has 130 valence electrons. The molecule has 0 aliphatic rings. The Kier molecular flexibility index (Phi) is 3.56. The zero-order valence-electron chi connectivity index (χ0n) is 14.7. The Balaban J connectivity index is 1.69. The Bertz CT molecular complexity index is 1320. The maximum absolute atomic E-state index is 6.67. The van der Waals surface area contributed by atoms with Crippen LogP contribution in [-0.2, 0) is 0 Å². The Morgan fingerprint density at radius 3 is 2.37 bits per heavy atom. The first-order chi connectivity index (χ1) is 13.3. The number of hydrogen-bond acceptors (Lipinski definition) is 3. The maximum Gasteiger partial charge on any atom is 0.135 e. The van der Waals surface area contributed by atoms with Crippen LogP contribution in [0.2, 0.25) is 0 Å². The Hall–Kier alpha value is -3.43. The SMILES string of the molecule is C=Nc1c(C(N)c2ccc3oc4ccccc4c3c2)ccc2ccccc12. The lowest BCUT2D eigenvalue weighted by molar-refractivity contribution is 0.668. The maximum atomic E-state index is 6.67. The van der Waals surface area contributed by atoms with Gasteiger partial charge in [0.05, 0.1) is 11.7 Å². The molecule has 0 aliphatic heterocycles. The molecule has 1 heterocycles. The van der Waals surface area contributed by atoms with Crippen molar-refractivity contribution < 1.29 is 4.42 Å². The molecule has 5 aromatic rings. The molecule has 0 fully saturated rings. The average Bonchev–Trinajstić information content (AvgIpc) is 3.10. The van der Waals surface area contributed by atoms with Crippen molar-refractivity contribution in [2.24, 2.45) is 10.7 Å². The van der Waals surface area contributed by atoms with Crippen LogP contribution in [0.4, 0.5) is 5.69 Å². The highest BCUT2D eigenvalue weighted by atomic mass is 16.3. The Morgan fingerprint density at radius 1 is 0.778 bits per heavy atom. The van der Waals surface area contributed by atoms with E-state index in [9.17, 15) is 0 Å². The first-order valence-electron chi connectivity index (χ1n) is 8.91. The largest absolute Gasteiger partial charge is 0.456 e. The Labute approximate surface area is 156 Å². The molecule has 5 rings (SSSR count). The van der Waals surface area contributed by atoms with Crippen molar-refractivity contribution >= 4 is 45.1 Å². The lowest BCUT2D eigenvalue weighted by atomic mass is 9.94. The van der Waals surface area contributed by atoms with E-state index in [0.717, 1.165) is 49.5 Å². The summed E-state index contributed by atoms with van der Waals surface area (Å²) < 4.78 is 5.93. The fourth-order valence-electron chi connectivity index (χ4n) is 3.82. The summed E-state index contributed by atoms with van der Waals surface area (Å²) in [5.74, 6) is 0. The summed E-state index contributed by atoms with van der Waals surface area (Å²) in [4.78, 5) is 4.30. The molecule has 0 saturated heterocycles. The third-order valence-electron chi connectivity index (χ3n) is 5.18. The second-order valence-corrected chi connectivity index (χ2v) is 6.71. The molecule has 4 aromatic carbocycles. The molecule has 0 radical (unpaired) electrons. The number of fused-ring (bicyclic) bond motifs is 4. The van der Waals surface area contributed by atoms with Gasteiger partial charge in [0.15, 0.2) is 0 Å². The molecule has 0 aliphatic carbocycles. The highest BCUT2D eigenvalue weighted by Crippen LogP contribution is 2.37. The zero-order valence-corrected chi connectivity index (χ0v) is 14.7. The molecule has 0 spiro atoms. The molecule has 0 saturated carbocycles. The van der Waals surface area contributed by atoms with Crippen LogP contribution < -0.4 is 5.73 Å². The van der Waals surface area contributed by atoms with E-state index in [1.54, 1.807) is 0 Å². The number of benzene rings is 4. The van der Waals surface area contributed by atoms with Crippen LogP contribution in [0.25, 0.3) is 32.7 Å². The van der Waals surface area contributed by atoms with Gasteiger partial charge in [-0.1, -0.05) is 60.7 Å². The molecule has 27 heavy (non-hydrogen) atoms. The monoisotopic (exact) mass is 350 g/mol. The van der Waals surface area contributed by atoms with E-state index in [-0.39, 0.29) is 6.04 Å². The highest BCUT2D eigenvalue weighted by Gasteiger charge is 2.17. The van der Waals surface area contributed by atoms with Gasteiger partial charge in [0.2, 0.25) is 0 Å². The van der Waals surface area contributed by atoms with E-state index < -0.39 is 0 Å². The molecular weight excluding hydrogens is 332 g/mol. The summed E-state index contributed by atoms with van der Waals surface area (Å²) in [5.41, 5.74) is 11.3. The molecule has 1 unspecified atom stereocenters. The van der Waals surface area contributed by atoms with Gasteiger partial charge >= 0.3 is 0 Å². The van der Waals surface area contributed by atoms with Crippen LogP contribution in [-0.4, -0.2) is 6.72 Å². The van der Waals surface area contributed by atoms with Crippen molar-refractivity contribution in [2.75, 3.05) is 0 Å². The molecule has 3 heteroatoms. The topological polar surface area (TPSA) is 51.5 Å². The van der Waals surface area contributed by atoms with Crippen LogP contribution in [0.3, 0.4) is 0 Å². The first kappa shape index (κ1) is 15.8. The predicted molar refractivity (Wildman–Crippen MR) is 113 cm³/mol. The number of rotatable bonds is 3. The van der Waals surface area contributed by atoms with Gasteiger partial charge in [-0.15, -0.1) is 0 Å². The first-order valence-corrected chi connectivity index (χ1v) is 8.91. The van der Waals surface area contributed by atoms with Gasteiger partial charge in [0.25, 0.3) is 0 Å². The van der Waals surface area contributed by atoms with E-state index in [2.05, 4.69) is 48.1 Å². The minimum Gasteiger partial charge on any atom is -0.456 e. The summed E-state index contributed by atoms with van der Waals surface area (Å²) in [6, 6.07) is 26.2. The van der Waals surface area contributed by atoms with Crippen molar-refractivity contribution in [3.05, 3.63) is 90.0 Å². The summed E-state index contributed by atoms with van der Waals surface area (Å²) in [6.45, 7) is 3.78. The molecule has 3 nitrogen and oxygen atoms in total. The van der Waals surface area contributed by atoms with Crippen LogP contribution in [0.15, 0.2) is 88.3 Å². The van der Waals surface area contributed by atoms with Gasteiger partial charge in [-0.25, -0.2) is 0 Å². The minimum absolute atomic E-state index is 0.298. The van der Waals surface area contributed by atoms with Gasteiger partial charge in [-0.2, -0.15) is 0 Å². The van der Waals surface area contributed by atoms with Crippen LogP contribution in [0.5, 0.6) is 0 Å². The summed E-state index contributed by atoms with van der Waals surface area (Å²) in [7, 11) is 0. The van der Waals surface area contributed by atoms with Crippen LogP contribution in [0, 0.1) is 0 Å². The lowest BCUT2D eigenvalue weighted by Gasteiger charge is -2.16. The molecule has 0 bridgehead atoms. The number of hydrogen-bond donors (Lipinski definition) is 1. The summed E-state index contributed by atoms with van der Waals surface area (Å²) in [5, 5.41) is 4.37.